The minimum Gasteiger partial charge on any atom is -0.399 e. The fraction of sp³-hybridized carbons (Fsp3) is 0.333. The highest BCUT2D eigenvalue weighted by atomic mass is 35.5. The van der Waals surface area contributed by atoms with Gasteiger partial charge in [0.25, 0.3) is 0 Å². The van der Waals surface area contributed by atoms with Gasteiger partial charge in [0.05, 0.1) is 32.9 Å². The van der Waals surface area contributed by atoms with E-state index in [4.69, 9.17) is 34.8 Å². The van der Waals surface area contributed by atoms with Crippen molar-refractivity contribution in [1.29, 1.82) is 5.26 Å². The van der Waals surface area contributed by atoms with Crippen LogP contribution in [-0.2, 0) is 0 Å². The summed E-state index contributed by atoms with van der Waals surface area (Å²) in [6, 6.07) is 9.96. The van der Waals surface area contributed by atoms with E-state index >= 15 is 0 Å². The third-order valence-corrected chi connectivity index (χ3v) is 7.42. The number of nitrogens with two attached hydrogens (primary N) is 2. The highest BCUT2D eigenvalue weighted by molar-refractivity contribution is 6.36. The minimum absolute atomic E-state index is 0.0341. The molecule has 0 radical (unpaired) electrons. The van der Waals surface area contributed by atoms with Crippen LogP contribution in [0.25, 0.3) is 10.9 Å². The number of nitrogens with zero attached hydrogens (tertiary/aromatic N) is 4. The molecule has 1 unspecified atom stereocenters. The SMILES string of the molecule is CCN1CCC(N(N)/C=C(\N)C(C)Nc2cc(Cl)c3ncc(C#N)c(Nc4ccc(F)c(Cl)c4)c3c2)CC1. The molecule has 1 atom stereocenters. The van der Waals surface area contributed by atoms with E-state index in [2.05, 4.69) is 33.5 Å². The van der Waals surface area contributed by atoms with Crippen molar-refractivity contribution in [1.82, 2.24) is 14.9 Å². The standard InChI is InChI=1S/C27H31Cl2FN8/c1-3-37-8-6-20(7-9-37)38(33)15-25(32)16(2)35-19-10-21-26(36-18-4-5-24(30)22(28)11-18)17(13-31)14-34-27(21)23(29)12-19/h4-5,10-12,14-16,20,35H,3,6-9,32-33H2,1-2H3,(H,34,36)/b25-15-. The lowest BCUT2D eigenvalue weighted by atomic mass is 10.0. The second kappa shape index (κ2) is 12.0. The van der Waals surface area contributed by atoms with E-state index in [1.54, 1.807) is 17.3 Å². The average Bonchev–Trinajstić information content (AvgIpc) is 2.91. The van der Waals surface area contributed by atoms with Gasteiger partial charge in [0.2, 0.25) is 0 Å². The van der Waals surface area contributed by atoms with Crippen LogP contribution in [0.5, 0.6) is 0 Å². The van der Waals surface area contributed by atoms with Gasteiger partial charge in [0.1, 0.15) is 11.9 Å². The maximum absolute atomic E-state index is 13.7. The normalized spacial score (nSPS) is 15.8. The van der Waals surface area contributed by atoms with Crippen LogP contribution in [0.2, 0.25) is 10.0 Å². The average molecular weight is 558 g/mol. The minimum atomic E-state index is -0.533. The molecule has 6 N–H and O–H groups in total. The number of pyridine rings is 1. The van der Waals surface area contributed by atoms with Crippen LogP contribution < -0.4 is 22.2 Å². The molecule has 1 saturated heterocycles. The number of halogens is 3. The summed E-state index contributed by atoms with van der Waals surface area (Å²) in [7, 11) is 0. The predicted octanol–water partition coefficient (Wildman–Crippen LogP) is 5.56. The summed E-state index contributed by atoms with van der Waals surface area (Å²) < 4.78 is 13.7. The van der Waals surface area contributed by atoms with E-state index < -0.39 is 5.82 Å². The topological polar surface area (TPSA) is 119 Å². The van der Waals surface area contributed by atoms with Gasteiger partial charge in [0.15, 0.2) is 0 Å². The molecule has 1 fully saturated rings. The Labute approximate surface area is 232 Å². The van der Waals surface area contributed by atoms with Crippen molar-refractivity contribution in [2.45, 2.75) is 38.8 Å². The molecule has 200 valence electrons. The number of fused-ring (bicyclic) bond motifs is 1. The van der Waals surface area contributed by atoms with Gasteiger partial charge in [-0.3, -0.25) is 4.98 Å². The van der Waals surface area contributed by atoms with Crippen LogP contribution in [-0.4, -0.2) is 46.6 Å². The van der Waals surface area contributed by atoms with Crippen molar-refractivity contribution < 1.29 is 4.39 Å². The Morgan fingerprint density at radius 3 is 2.63 bits per heavy atom. The molecule has 2 heterocycles. The molecule has 8 nitrogen and oxygen atoms in total. The molecule has 11 heteroatoms. The van der Waals surface area contributed by atoms with E-state index in [1.165, 1.54) is 24.4 Å². The Morgan fingerprint density at radius 2 is 1.97 bits per heavy atom. The van der Waals surface area contributed by atoms with Crippen LogP contribution >= 0.6 is 23.2 Å². The van der Waals surface area contributed by atoms with Gasteiger partial charge < -0.3 is 26.3 Å². The first-order valence-electron chi connectivity index (χ1n) is 12.4. The van der Waals surface area contributed by atoms with E-state index in [9.17, 15) is 9.65 Å². The first-order chi connectivity index (χ1) is 18.2. The van der Waals surface area contributed by atoms with E-state index in [0.29, 0.717) is 44.2 Å². The van der Waals surface area contributed by atoms with Crippen molar-refractivity contribution in [2.75, 3.05) is 30.3 Å². The van der Waals surface area contributed by atoms with Crippen LogP contribution in [0, 0.1) is 17.1 Å². The highest BCUT2D eigenvalue weighted by Gasteiger charge is 2.21. The maximum Gasteiger partial charge on any atom is 0.141 e. The fourth-order valence-corrected chi connectivity index (χ4v) is 4.99. The fourth-order valence-electron chi connectivity index (χ4n) is 4.54. The van der Waals surface area contributed by atoms with E-state index in [-0.39, 0.29) is 17.1 Å². The molecule has 38 heavy (non-hydrogen) atoms. The number of likely N-dealkylation sites (tertiary alicyclic amines) is 1. The Morgan fingerprint density at radius 1 is 1.26 bits per heavy atom. The maximum atomic E-state index is 13.7. The molecule has 1 aliphatic heterocycles. The molecule has 1 aromatic heterocycles. The number of hydrazine groups is 1. The molecule has 0 amide bonds. The largest absolute Gasteiger partial charge is 0.399 e. The number of benzene rings is 2. The van der Waals surface area contributed by atoms with E-state index in [1.807, 2.05) is 13.0 Å². The van der Waals surface area contributed by atoms with Gasteiger partial charge in [-0.25, -0.2) is 10.2 Å². The molecule has 2 aromatic carbocycles. The first-order valence-corrected chi connectivity index (χ1v) is 13.2. The van der Waals surface area contributed by atoms with Gasteiger partial charge in [0, 0.05) is 54.0 Å². The van der Waals surface area contributed by atoms with Gasteiger partial charge >= 0.3 is 0 Å². The Bertz CT molecular complexity index is 1380. The van der Waals surface area contributed by atoms with E-state index in [0.717, 1.165) is 32.5 Å². The second-order valence-electron chi connectivity index (χ2n) is 9.37. The van der Waals surface area contributed by atoms with Gasteiger partial charge in [-0.2, -0.15) is 5.26 Å². The zero-order valence-corrected chi connectivity index (χ0v) is 22.8. The third-order valence-electron chi connectivity index (χ3n) is 6.84. The number of piperidine rings is 1. The monoisotopic (exact) mass is 556 g/mol. The quantitative estimate of drug-likeness (QED) is 0.210. The molecule has 0 bridgehead atoms. The molecular weight excluding hydrogens is 526 g/mol. The number of hydrogen-bond donors (Lipinski definition) is 4. The van der Waals surface area contributed by atoms with Crippen LogP contribution in [0.4, 0.5) is 21.5 Å². The molecular formula is C27H31Cl2FN8. The second-order valence-corrected chi connectivity index (χ2v) is 10.2. The summed E-state index contributed by atoms with van der Waals surface area (Å²) in [5, 5.41) is 18.9. The number of nitriles is 1. The van der Waals surface area contributed by atoms with Crippen molar-refractivity contribution in [3.8, 4) is 6.07 Å². The lowest BCUT2D eigenvalue weighted by Gasteiger charge is -2.35. The van der Waals surface area contributed by atoms with Crippen LogP contribution in [0.15, 0.2) is 48.4 Å². The van der Waals surface area contributed by atoms with Crippen molar-refractivity contribution >= 4 is 51.2 Å². The zero-order chi connectivity index (χ0) is 27.4. The molecule has 3 aromatic rings. The first kappa shape index (κ1) is 27.7. The summed E-state index contributed by atoms with van der Waals surface area (Å²) in [6.07, 6.45) is 5.20. The Hall–Kier alpha value is -3.29. The predicted molar refractivity (Wildman–Crippen MR) is 153 cm³/mol. The molecule has 0 spiro atoms. The summed E-state index contributed by atoms with van der Waals surface area (Å²) in [6.45, 7) is 7.18. The Kier molecular flexibility index (Phi) is 8.80. The number of hydrogen-bond acceptors (Lipinski definition) is 8. The smallest absolute Gasteiger partial charge is 0.141 e. The van der Waals surface area contributed by atoms with Crippen molar-refractivity contribution in [2.24, 2.45) is 11.6 Å². The van der Waals surface area contributed by atoms with Crippen molar-refractivity contribution in [3.05, 3.63) is 69.9 Å². The highest BCUT2D eigenvalue weighted by Crippen LogP contribution is 2.35. The van der Waals surface area contributed by atoms with Gasteiger partial charge in [-0.1, -0.05) is 30.1 Å². The van der Waals surface area contributed by atoms with Crippen LogP contribution in [0.3, 0.4) is 0 Å². The van der Waals surface area contributed by atoms with Gasteiger partial charge in [-0.05, 0) is 56.6 Å². The number of anilines is 3. The Balaban J connectivity index is 1.59. The lowest BCUT2D eigenvalue weighted by Crippen LogP contribution is -2.46. The van der Waals surface area contributed by atoms with Crippen molar-refractivity contribution in [3.63, 3.8) is 0 Å². The summed E-state index contributed by atoms with van der Waals surface area (Å²) in [5.74, 6) is 5.81. The summed E-state index contributed by atoms with van der Waals surface area (Å²) in [4.78, 5) is 6.78. The molecule has 4 rings (SSSR count). The zero-order valence-electron chi connectivity index (χ0n) is 21.3. The number of rotatable bonds is 8. The third kappa shape index (κ3) is 6.22. The van der Waals surface area contributed by atoms with Gasteiger partial charge in [-0.15, -0.1) is 0 Å². The number of nitrogens with one attached hydrogen (secondary N) is 2. The molecule has 1 aliphatic rings. The summed E-state index contributed by atoms with van der Waals surface area (Å²) in [5.41, 5.74) is 9.46. The number of aromatic nitrogens is 1. The summed E-state index contributed by atoms with van der Waals surface area (Å²) >= 11 is 12.5. The lowest BCUT2D eigenvalue weighted by molar-refractivity contribution is 0.146. The molecule has 0 saturated carbocycles. The van der Waals surface area contributed by atoms with Crippen LogP contribution in [0.1, 0.15) is 32.3 Å². The molecule has 0 aliphatic carbocycles.